The molecule has 4 rings (SSSR count). The van der Waals surface area contributed by atoms with Gasteiger partial charge in [0.25, 0.3) is 0 Å². The van der Waals surface area contributed by atoms with E-state index < -0.39 is 49.0 Å². The van der Waals surface area contributed by atoms with E-state index in [-0.39, 0.29) is 26.4 Å². The van der Waals surface area contributed by atoms with Crippen molar-refractivity contribution in [2.75, 3.05) is 26.4 Å². The van der Waals surface area contributed by atoms with Crippen LogP contribution in [0.4, 0.5) is 19.2 Å². The Hall–Kier alpha value is -2.92. The van der Waals surface area contributed by atoms with Crippen molar-refractivity contribution in [3.8, 4) is 0 Å². The van der Waals surface area contributed by atoms with Crippen molar-refractivity contribution in [1.82, 2.24) is 0 Å². The van der Waals surface area contributed by atoms with E-state index in [0.717, 1.165) is 0 Å². The molecule has 0 N–H and O–H groups in total. The van der Waals surface area contributed by atoms with Gasteiger partial charge in [0, 0.05) is 0 Å². The molecule has 0 aliphatic carbocycles. The maximum atomic E-state index is 10.5. The third-order valence-corrected chi connectivity index (χ3v) is 3.28. The Morgan fingerprint density at radius 2 is 0.667 bits per heavy atom. The highest BCUT2D eigenvalue weighted by molar-refractivity contribution is 5.64. The smallest absolute Gasteiger partial charge is 0.430 e. The highest BCUT2D eigenvalue weighted by Gasteiger charge is 2.40. The average molecular weight is 348 g/mol. The fraction of sp³-hybridized carbons (Fsp3) is 0.667. The van der Waals surface area contributed by atoms with Crippen LogP contribution in [-0.2, 0) is 37.9 Å². The molecule has 0 saturated carbocycles. The van der Waals surface area contributed by atoms with Crippen molar-refractivity contribution in [3.05, 3.63) is 0 Å². The number of hydrogen-bond donors (Lipinski definition) is 0. The Morgan fingerprint density at radius 3 is 0.792 bits per heavy atom. The number of ether oxygens (including phenoxy) is 8. The molecule has 0 radical (unpaired) electrons. The number of hydrogen-bond acceptors (Lipinski definition) is 12. The summed E-state index contributed by atoms with van der Waals surface area (Å²) in [5.41, 5.74) is 0. The minimum absolute atomic E-state index is 0.111. The quantitative estimate of drug-likeness (QED) is 0.493. The van der Waals surface area contributed by atoms with Crippen molar-refractivity contribution in [2.24, 2.45) is 0 Å². The largest absolute Gasteiger partial charge is 0.508 e. The van der Waals surface area contributed by atoms with Crippen LogP contribution >= 0.6 is 0 Å². The molecule has 0 amide bonds. The van der Waals surface area contributed by atoms with Gasteiger partial charge in [0.1, 0.15) is 26.4 Å². The zero-order chi connectivity index (χ0) is 17.1. The van der Waals surface area contributed by atoms with Gasteiger partial charge in [-0.2, -0.15) is 0 Å². The van der Waals surface area contributed by atoms with E-state index in [1.165, 1.54) is 0 Å². The summed E-state index contributed by atoms with van der Waals surface area (Å²) in [4.78, 5) is 41.9. The van der Waals surface area contributed by atoms with Crippen molar-refractivity contribution < 1.29 is 57.1 Å². The topological polar surface area (TPSA) is 142 Å². The lowest BCUT2D eigenvalue weighted by Gasteiger charge is -2.09. The summed E-state index contributed by atoms with van der Waals surface area (Å²) in [5.74, 6) is 0. The lowest BCUT2D eigenvalue weighted by atomic mass is 10.2. The molecule has 0 aromatic carbocycles. The van der Waals surface area contributed by atoms with Gasteiger partial charge in [-0.05, 0) is 0 Å². The molecule has 0 aromatic heterocycles. The molecule has 132 valence electrons. The van der Waals surface area contributed by atoms with E-state index in [1.807, 2.05) is 0 Å². The van der Waals surface area contributed by atoms with Crippen molar-refractivity contribution in [3.63, 3.8) is 0 Å². The minimum Gasteiger partial charge on any atom is -0.430 e. The number of cyclic esters (lactones) is 8. The first kappa shape index (κ1) is 16.0. The van der Waals surface area contributed by atoms with Gasteiger partial charge in [0.05, 0.1) is 0 Å². The lowest BCUT2D eigenvalue weighted by molar-refractivity contribution is 0.0434. The zero-order valence-corrected chi connectivity index (χ0v) is 12.0. The highest BCUT2D eigenvalue weighted by atomic mass is 16.8. The van der Waals surface area contributed by atoms with Crippen molar-refractivity contribution >= 4 is 24.6 Å². The molecular formula is C12H12O12. The predicted octanol–water partition coefficient (Wildman–Crippen LogP) is 0.114. The van der Waals surface area contributed by atoms with Crippen LogP contribution < -0.4 is 0 Å². The maximum Gasteiger partial charge on any atom is 0.508 e. The molecule has 4 heterocycles. The first-order valence-corrected chi connectivity index (χ1v) is 6.85. The van der Waals surface area contributed by atoms with E-state index in [4.69, 9.17) is 0 Å². The molecule has 4 aliphatic rings. The Labute approximate surface area is 133 Å². The summed E-state index contributed by atoms with van der Waals surface area (Å²) in [6, 6.07) is 0. The molecule has 4 saturated heterocycles. The predicted molar refractivity (Wildman–Crippen MR) is 64.9 cm³/mol. The van der Waals surface area contributed by atoms with Gasteiger partial charge in [-0.1, -0.05) is 0 Å². The molecule has 0 aromatic rings. The van der Waals surface area contributed by atoms with Crippen LogP contribution in [-0.4, -0.2) is 75.5 Å². The standard InChI is InChI=1S/2C6H6O6/c2*7-5-9-1-3(11-5)4-2-10-6(8)12-4/h2*3-4H,1-2H2/t2*3-,4+. The Morgan fingerprint density at radius 1 is 0.458 bits per heavy atom. The molecule has 4 fully saturated rings. The van der Waals surface area contributed by atoms with E-state index in [1.54, 1.807) is 0 Å². The molecule has 24 heavy (non-hydrogen) atoms. The molecular weight excluding hydrogens is 336 g/mol. The van der Waals surface area contributed by atoms with E-state index >= 15 is 0 Å². The molecule has 0 spiro atoms. The number of carbonyl (C=O) groups is 4. The monoisotopic (exact) mass is 348 g/mol. The molecule has 0 bridgehead atoms. The van der Waals surface area contributed by atoms with Crippen molar-refractivity contribution in [2.45, 2.75) is 24.4 Å². The van der Waals surface area contributed by atoms with Gasteiger partial charge >= 0.3 is 24.6 Å². The van der Waals surface area contributed by atoms with E-state index in [2.05, 4.69) is 37.9 Å². The summed E-state index contributed by atoms with van der Waals surface area (Å²) in [6.07, 6.45) is -5.03. The molecule has 0 unspecified atom stereocenters. The van der Waals surface area contributed by atoms with Gasteiger partial charge in [0.15, 0.2) is 24.4 Å². The second-order valence-corrected chi connectivity index (χ2v) is 4.87. The zero-order valence-electron chi connectivity index (χ0n) is 12.0. The SMILES string of the molecule is O=C1OC[C@@H]([C@H]2COC(=O)O2)O1.O=C1OC[C@@H]([C@H]2COC(=O)O2)O1. The molecule has 4 aliphatic heterocycles. The highest BCUT2D eigenvalue weighted by Crippen LogP contribution is 2.18. The van der Waals surface area contributed by atoms with Crippen LogP contribution in [0.1, 0.15) is 0 Å². The van der Waals surface area contributed by atoms with Gasteiger partial charge in [-0.3, -0.25) is 0 Å². The van der Waals surface area contributed by atoms with Crippen LogP contribution in [0.15, 0.2) is 0 Å². The van der Waals surface area contributed by atoms with Crippen LogP contribution in [0.5, 0.6) is 0 Å². The summed E-state index contributed by atoms with van der Waals surface area (Å²) in [5, 5.41) is 0. The summed E-state index contributed by atoms with van der Waals surface area (Å²) >= 11 is 0. The van der Waals surface area contributed by atoms with E-state index in [9.17, 15) is 19.2 Å². The second kappa shape index (κ2) is 6.68. The fourth-order valence-corrected chi connectivity index (χ4v) is 2.10. The van der Waals surface area contributed by atoms with Gasteiger partial charge in [-0.25, -0.2) is 19.2 Å². The first-order valence-electron chi connectivity index (χ1n) is 6.85. The van der Waals surface area contributed by atoms with E-state index in [0.29, 0.717) is 0 Å². The van der Waals surface area contributed by atoms with Crippen LogP contribution in [0, 0.1) is 0 Å². The Bertz CT molecular complexity index is 448. The molecule has 4 atom stereocenters. The molecule has 12 nitrogen and oxygen atoms in total. The third kappa shape index (κ3) is 3.70. The number of rotatable bonds is 2. The van der Waals surface area contributed by atoms with Crippen LogP contribution in [0.3, 0.4) is 0 Å². The van der Waals surface area contributed by atoms with Gasteiger partial charge in [0.2, 0.25) is 0 Å². The van der Waals surface area contributed by atoms with Gasteiger partial charge < -0.3 is 37.9 Å². The fourth-order valence-electron chi connectivity index (χ4n) is 2.10. The van der Waals surface area contributed by atoms with Crippen molar-refractivity contribution in [1.29, 1.82) is 0 Å². The lowest BCUT2D eigenvalue weighted by Crippen LogP contribution is -2.30. The Balaban J connectivity index is 0.000000141. The van der Waals surface area contributed by atoms with Crippen LogP contribution in [0.25, 0.3) is 0 Å². The summed E-state index contributed by atoms with van der Waals surface area (Å²) < 4.78 is 36.7. The third-order valence-electron chi connectivity index (χ3n) is 3.28. The van der Waals surface area contributed by atoms with Crippen LogP contribution in [0.2, 0.25) is 0 Å². The Kier molecular flexibility index (Phi) is 4.44. The average Bonchev–Trinajstić information content (AvgIpc) is 3.29. The minimum atomic E-state index is -0.733. The normalized spacial score (nSPS) is 33.7. The molecule has 12 heteroatoms. The summed E-state index contributed by atoms with van der Waals surface area (Å²) in [6.45, 7) is 0.445. The summed E-state index contributed by atoms with van der Waals surface area (Å²) in [7, 11) is 0. The first-order chi connectivity index (χ1) is 11.5. The maximum absolute atomic E-state index is 10.5. The van der Waals surface area contributed by atoms with Gasteiger partial charge in [-0.15, -0.1) is 0 Å². The number of carbonyl (C=O) groups excluding carboxylic acids is 4. The second-order valence-electron chi connectivity index (χ2n) is 4.87.